The number of carbonyl (C=O) groups excluding carboxylic acids is 1. The monoisotopic (exact) mass is 292 g/mol. The molecular formula is C13H12N2O4S. The fourth-order valence-electron chi connectivity index (χ4n) is 1.69. The molecule has 1 unspecified atom stereocenters. The van der Waals surface area contributed by atoms with Gasteiger partial charge in [-0.2, -0.15) is 0 Å². The molecule has 0 aromatic heterocycles. The number of nitrogens with two attached hydrogens (primary N) is 1. The third-order valence-electron chi connectivity index (χ3n) is 2.47. The molecule has 7 heteroatoms. The lowest BCUT2D eigenvalue weighted by molar-refractivity contribution is 0.211. The van der Waals surface area contributed by atoms with E-state index in [-0.39, 0.29) is 0 Å². The molecule has 0 fully saturated rings. The Morgan fingerprint density at radius 1 is 1.15 bits per heavy atom. The molecule has 0 aliphatic carbocycles. The predicted octanol–water partition coefficient (Wildman–Crippen LogP) is 2.36. The highest BCUT2D eigenvalue weighted by atomic mass is 32.2. The molecule has 0 spiro atoms. The maximum Gasteiger partial charge on any atom is 0.409 e. The van der Waals surface area contributed by atoms with Gasteiger partial charge in [0.1, 0.15) is 5.75 Å². The SMILES string of the molecule is NC(=O)Oc1ccc(-c2cccc(NS(=O)O)c2)cc1. The van der Waals surface area contributed by atoms with Gasteiger partial charge in [0.2, 0.25) is 0 Å². The van der Waals surface area contributed by atoms with Crippen LogP contribution in [0.5, 0.6) is 5.75 Å². The molecule has 2 aromatic rings. The van der Waals surface area contributed by atoms with E-state index in [0.717, 1.165) is 11.1 Å². The first kappa shape index (κ1) is 14.0. The van der Waals surface area contributed by atoms with Crippen LogP contribution in [0, 0.1) is 0 Å². The third-order valence-corrected chi connectivity index (χ3v) is 2.88. The van der Waals surface area contributed by atoms with Gasteiger partial charge in [0.25, 0.3) is 11.3 Å². The average molecular weight is 292 g/mol. The van der Waals surface area contributed by atoms with E-state index in [1.807, 2.05) is 6.07 Å². The van der Waals surface area contributed by atoms with E-state index in [1.54, 1.807) is 42.5 Å². The Labute approximate surface area is 118 Å². The molecule has 0 bridgehead atoms. The molecule has 104 valence electrons. The topological polar surface area (TPSA) is 102 Å². The van der Waals surface area contributed by atoms with E-state index in [4.69, 9.17) is 15.0 Å². The molecule has 0 aliphatic rings. The van der Waals surface area contributed by atoms with Crippen molar-refractivity contribution in [2.75, 3.05) is 4.72 Å². The first-order valence-electron chi connectivity index (χ1n) is 5.60. The lowest BCUT2D eigenvalue weighted by Crippen LogP contribution is -2.16. The van der Waals surface area contributed by atoms with Gasteiger partial charge in [-0.25, -0.2) is 9.00 Å². The summed E-state index contributed by atoms with van der Waals surface area (Å²) < 4.78 is 26.6. The van der Waals surface area contributed by atoms with Crippen molar-refractivity contribution in [2.24, 2.45) is 5.73 Å². The van der Waals surface area contributed by atoms with Crippen LogP contribution < -0.4 is 15.2 Å². The van der Waals surface area contributed by atoms with E-state index >= 15 is 0 Å². The van der Waals surface area contributed by atoms with Gasteiger partial charge in [0.05, 0.1) is 0 Å². The summed E-state index contributed by atoms with van der Waals surface area (Å²) in [7, 11) is 0. The van der Waals surface area contributed by atoms with Crippen LogP contribution in [0.25, 0.3) is 11.1 Å². The van der Waals surface area contributed by atoms with Crippen molar-refractivity contribution in [1.82, 2.24) is 0 Å². The lowest BCUT2D eigenvalue weighted by atomic mass is 10.1. The molecule has 6 nitrogen and oxygen atoms in total. The highest BCUT2D eigenvalue weighted by molar-refractivity contribution is 7.80. The van der Waals surface area contributed by atoms with Gasteiger partial charge in [-0.15, -0.1) is 0 Å². The molecule has 0 radical (unpaired) electrons. The summed E-state index contributed by atoms with van der Waals surface area (Å²) >= 11 is -2.11. The molecule has 20 heavy (non-hydrogen) atoms. The quantitative estimate of drug-likeness (QED) is 0.753. The van der Waals surface area contributed by atoms with Gasteiger partial charge >= 0.3 is 6.09 Å². The molecule has 1 amide bonds. The maximum atomic E-state index is 10.7. The highest BCUT2D eigenvalue weighted by Crippen LogP contribution is 2.25. The number of benzene rings is 2. The number of primary amides is 1. The van der Waals surface area contributed by atoms with Crippen LogP contribution in [0.3, 0.4) is 0 Å². The second kappa shape index (κ2) is 6.18. The zero-order valence-corrected chi connectivity index (χ0v) is 11.1. The van der Waals surface area contributed by atoms with Crippen LogP contribution in [0.4, 0.5) is 10.5 Å². The highest BCUT2D eigenvalue weighted by Gasteiger charge is 2.03. The van der Waals surface area contributed by atoms with E-state index in [0.29, 0.717) is 11.4 Å². The standard InChI is InChI=1S/C13H12N2O4S/c14-13(16)19-12-6-4-9(5-7-12)10-2-1-3-11(8-10)15-20(17)18/h1-8,15H,(H2,14,16)(H,17,18). The van der Waals surface area contributed by atoms with E-state index in [1.165, 1.54) is 0 Å². The summed E-state index contributed by atoms with van der Waals surface area (Å²) in [5.41, 5.74) is 7.17. The van der Waals surface area contributed by atoms with Gasteiger partial charge in [-0.05, 0) is 35.4 Å². The summed E-state index contributed by atoms with van der Waals surface area (Å²) in [6.45, 7) is 0. The minimum absolute atomic E-state index is 0.354. The Balaban J connectivity index is 2.22. The fourth-order valence-corrected chi connectivity index (χ4v) is 2.02. The molecule has 0 aliphatic heterocycles. The van der Waals surface area contributed by atoms with Crippen LogP contribution in [0.1, 0.15) is 0 Å². The van der Waals surface area contributed by atoms with Crippen LogP contribution in [-0.2, 0) is 11.3 Å². The number of hydrogen-bond acceptors (Lipinski definition) is 3. The van der Waals surface area contributed by atoms with Gasteiger partial charge < -0.3 is 10.5 Å². The van der Waals surface area contributed by atoms with Crippen molar-refractivity contribution < 1.29 is 18.3 Å². The molecule has 1 atom stereocenters. The minimum atomic E-state index is -2.11. The predicted molar refractivity (Wildman–Crippen MR) is 76.5 cm³/mol. The third kappa shape index (κ3) is 3.81. The summed E-state index contributed by atoms with van der Waals surface area (Å²) in [4.78, 5) is 10.6. The second-order valence-corrected chi connectivity index (χ2v) is 4.58. The largest absolute Gasteiger partial charge is 0.411 e. The number of hydrogen-bond donors (Lipinski definition) is 3. The number of ether oxygens (including phenoxy) is 1. The first-order chi connectivity index (χ1) is 9.54. The molecule has 0 saturated heterocycles. The normalized spacial score (nSPS) is 11.7. The van der Waals surface area contributed by atoms with Gasteiger partial charge in [-0.3, -0.25) is 9.27 Å². The van der Waals surface area contributed by atoms with Crippen LogP contribution in [0.15, 0.2) is 48.5 Å². The Kier molecular flexibility index (Phi) is 4.34. The van der Waals surface area contributed by atoms with E-state index in [2.05, 4.69) is 4.72 Å². The van der Waals surface area contributed by atoms with Gasteiger partial charge in [0.15, 0.2) is 0 Å². The number of carbonyl (C=O) groups is 1. The van der Waals surface area contributed by atoms with Crippen molar-refractivity contribution in [2.45, 2.75) is 0 Å². The lowest BCUT2D eigenvalue weighted by Gasteiger charge is -2.06. The van der Waals surface area contributed by atoms with Crippen LogP contribution >= 0.6 is 0 Å². The number of amides is 1. The minimum Gasteiger partial charge on any atom is -0.411 e. The average Bonchev–Trinajstić information content (AvgIpc) is 2.38. The molecule has 2 rings (SSSR count). The van der Waals surface area contributed by atoms with Crippen molar-refractivity contribution in [1.29, 1.82) is 0 Å². The van der Waals surface area contributed by atoms with Crippen molar-refractivity contribution >= 4 is 23.0 Å². The second-order valence-electron chi connectivity index (χ2n) is 3.88. The molecule has 0 heterocycles. The number of rotatable bonds is 4. The summed E-state index contributed by atoms with van der Waals surface area (Å²) in [6, 6.07) is 13.8. The Morgan fingerprint density at radius 3 is 2.45 bits per heavy atom. The Hall–Kier alpha value is -2.38. The van der Waals surface area contributed by atoms with Gasteiger partial charge in [0, 0.05) is 5.69 Å². The van der Waals surface area contributed by atoms with Crippen molar-refractivity contribution in [3.63, 3.8) is 0 Å². The van der Waals surface area contributed by atoms with Crippen LogP contribution in [0.2, 0.25) is 0 Å². The number of anilines is 1. The maximum absolute atomic E-state index is 10.7. The van der Waals surface area contributed by atoms with Crippen LogP contribution in [-0.4, -0.2) is 14.9 Å². The Bertz CT molecular complexity index is 643. The zero-order chi connectivity index (χ0) is 14.5. The summed E-state index contributed by atoms with van der Waals surface area (Å²) in [5.74, 6) is 0.354. The molecule has 0 saturated carbocycles. The number of nitrogens with one attached hydrogen (secondary N) is 1. The summed E-state index contributed by atoms with van der Waals surface area (Å²) in [6.07, 6.45) is -0.866. The Morgan fingerprint density at radius 2 is 1.85 bits per heavy atom. The summed E-state index contributed by atoms with van der Waals surface area (Å²) in [5, 5.41) is 0. The molecule has 2 aromatic carbocycles. The van der Waals surface area contributed by atoms with E-state index < -0.39 is 17.4 Å². The van der Waals surface area contributed by atoms with Gasteiger partial charge in [-0.1, -0.05) is 24.3 Å². The van der Waals surface area contributed by atoms with Crippen molar-refractivity contribution in [3.05, 3.63) is 48.5 Å². The smallest absolute Gasteiger partial charge is 0.409 e. The zero-order valence-electron chi connectivity index (χ0n) is 10.3. The van der Waals surface area contributed by atoms with Crippen molar-refractivity contribution in [3.8, 4) is 16.9 Å². The molecule has 4 N–H and O–H groups in total. The fraction of sp³-hybridized carbons (Fsp3) is 0. The first-order valence-corrected chi connectivity index (χ1v) is 6.70. The molecular weight excluding hydrogens is 280 g/mol. The van der Waals surface area contributed by atoms with E-state index in [9.17, 15) is 9.00 Å².